The summed E-state index contributed by atoms with van der Waals surface area (Å²) in [5.41, 5.74) is 4.37. The number of rotatable bonds is 8. The summed E-state index contributed by atoms with van der Waals surface area (Å²) in [6.45, 7) is 2.83. The summed E-state index contributed by atoms with van der Waals surface area (Å²) in [6.07, 6.45) is 3.91. The van der Waals surface area contributed by atoms with Crippen molar-refractivity contribution in [3.05, 3.63) is 96.1 Å². The van der Waals surface area contributed by atoms with Gasteiger partial charge in [0.25, 0.3) is 0 Å². The third kappa shape index (κ3) is 5.95. The number of nitrogens with one attached hydrogen (secondary N) is 2. The molecule has 7 nitrogen and oxygen atoms in total. The Morgan fingerprint density at radius 1 is 1.03 bits per heavy atom. The molecule has 0 saturated heterocycles. The molecule has 0 radical (unpaired) electrons. The zero-order valence-electron chi connectivity index (χ0n) is 17.7. The summed E-state index contributed by atoms with van der Waals surface area (Å²) in [7, 11) is 0. The number of amides is 2. The summed E-state index contributed by atoms with van der Waals surface area (Å²) < 4.78 is 11.3. The SMILES string of the molecule is Cc1ccc(-c2nc(CCNC(=O)Nc3cccc(OCc4ccccn4)c3)co2)cc1. The molecule has 0 bridgehead atoms. The fourth-order valence-corrected chi connectivity index (χ4v) is 3.03. The summed E-state index contributed by atoms with van der Waals surface area (Å²) in [5.74, 6) is 1.23. The Morgan fingerprint density at radius 3 is 2.72 bits per heavy atom. The van der Waals surface area contributed by atoms with Crippen molar-refractivity contribution in [3.63, 3.8) is 0 Å². The van der Waals surface area contributed by atoms with Gasteiger partial charge in [0.05, 0.1) is 11.4 Å². The van der Waals surface area contributed by atoms with Crippen molar-refractivity contribution >= 4 is 11.7 Å². The molecule has 32 heavy (non-hydrogen) atoms. The number of carbonyl (C=O) groups is 1. The van der Waals surface area contributed by atoms with E-state index in [1.54, 1.807) is 24.6 Å². The Balaban J connectivity index is 1.23. The van der Waals surface area contributed by atoms with E-state index < -0.39 is 0 Å². The van der Waals surface area contributed by atoms with Gasteiger partial charge < -0.3 is 19.8 Å². The number of aromatic nitrogens is 2. The van der Waals surface area contributed by atoms with Crippen LogP contribution in [0.2, 0.25) is 0 Å². The molecule has 2 N–H and O–H groups in total. The lowest BCUT2D eigenvalue weighted by Crippen LogP contribution is -2.30. The van der Waals surface area contributed by atoms with Crippen LogP contribution in [0.15, 0.2) is 83.6 Å². The van der Waals surface area contributed by atoms with E-state index in [1.807, 2.05) is 61.5 Å². The fraction of sp³-hybridized carbons (Fsp3) is 0.160. The predicted molar refractivity (Wildman–Crippen MR) is 122 cm³/mol. The van der Waals surface area contributed by atoms with Crippen LogP contribution in [0.3, 0.4) is 0 Å². The number of ether oxygens (including phenoxy) is 1. The maximum absolute atomic E-state index is 12.2. The first-order chi connectivity index (χ1) is 15.7. The van der Waals surface area contributed by atoms with Gasteiger partial charge in [0.2, 0.25) is 5.89 Å². The molecule has 0 unspecified atom stereocenters. The van der Waals surface area contributed by atoms with Crippen molar-refractivity contribution in [3.8, 4) is 17.2 Å². The minimum absolute atomic E-state index is 0.297. The van der Waals surface area contributed by atoms with E-state index >= 15 is 0 Å². The monoisotopic (exact) mass is 428 g/mol. The van der Waals surface area contributed by atoms with Gasteiger partial charge in [0, 0.05) is 36.5 Å². The topological polar surface area (TPSA) is 89.3 Å². The number of nitrogens with zero attached hydrogens (tertiary/aromatic N) is 2. The molecule has 0 atom stereocenters. The highest BCUT2D eigenvalue weighted by Gasteiger charge is 2.08. The summed E-state index contributed by atoms with van der Waals surface area (Å²) in [4.78, 5) is 21.0. The lowest BCUT2D eigenvalue weighted by molar-refractivity contribution is 0.252. The van der Waals surface area contributed by atoms with Gasteiger partial charge in [-0.05, 0) is 43.3 Å². The minimum Gasteiger partial charge on any atom is -0.487 e. The molecule has 4 rings (SSSR count). The quantitative estimate of drug-likeness (QED) is 0.413. The van der Waals surface area contributed by atoms with Crippen molar-refractivity contribution in [1.82, 2.24) is 15.3 Å². The van der Waals surface area contributed by atoms with E-state index in [4.69, 9.17) is 9.15 Å². The molecule has 4 aromatic rings. The lowest BCUT2D eigenvalue weighted by atomic mass is 10.1. The van der Waals surface area contributed by atoms with E-state index in [9.17, 15) is 4.79 Å². The van der Waals surface area contributed by atoms with E-state index in [1.165, 1.54) is 5.56 Å². The number of carbonyl (C=O) groups excluding carboxylic acids is 1. The van der Waals surface area contributed by atoms with Gasteiger partial charge in [0.15, 0.2) is 0 Å². The minimum atomic E-state index is -0.297. The second-order valence-corrected chi connectivity index (χ2v) is 7.28. The molecule has 2 amide bonds. The molecule has 7 heteroatoms. The Kier molecular flexibility index (Phi) is 6.77. The second kappa shape index (κ2) is 10.3. The van der Waals surface area contributed by atoms with Gasteiger partial charge >= 0.3 is 6.03 Å². The highest BCUT2D eigenvalue weighted by Crippen LogP contribution is 2.20. The van der Waals surface area contributed by atoms with Crippen molar-refractivity contribution in [2.45, 2.75) is 20.0 Å². The average molecular weight is 428 g/mol. The Bertz CT molecular complexity index is 1160. The van der Waals surface area contributed by atoms with Crippen LogP contribution in [0.25, 0.3) is 11.5 Å². The number of urea groups is 1. The van der Waals surface area contributed by atoms with Crippen LogP contribution < -0.4 is 15.4 Å². The Morgan fingerprint density at radius 2 is 1.91 bits per heavy atom. The van der Waals surface area contributed by atoms with E-state index in [-0.39, 0.29) is 6.03 Å². The molecule has 162 valence electrons. The maximum Gasteiger partial charge on any atom is 0.319 e. The highest BCUT2D eigenvalue weighted by molar-refractivity contribution is 5.89. The van der Waals surface area contributed by atoms with E-state index in [0.29, 0.717) is 36.9 Å². The predicted octanol–water partition coefficient (Wildman–Crippen LogP) is 4.99. The largest absolute Gasteiger partial charge is 0.487 e. The van der Waals surface area contributed by atoms with Crippen LogP contribution in [0, 0.1) is 6.92 Å². The van der Waals surface area contributed by atoms with Crippen LogP contribution in [-0.4, -0.2) is 22.5 Å². The molecule has 0 aliphatic heterocycles. The molecule has 0 saturated carbocycles. The normalized spacial score (nSPS) is 10.5. The number of hydrogen-bond donors (Lipinski definition) is 2. The molecular weight excluding hydrogens is 404 g/mol. The van der Waals surface area contributed by atoms with Crippen molar-refractivity contribution in [2.24, 2.45) is 0 Å². The van der Waals surface area contributed by atoms with Crippen LogP contribution >= 0.6 is 0 Å². The molecule has 0 aliphatic rings. The van der Waals surface area contributed by atoms with Gasteiger partial charge in [-0.15, -0.1) is 0 Å². The Labute approximate surface area is 186 Å². The average Bonchev–Trinajstić information content (AvgIpc) is 3.28. The number of benzene rings is 2. The summed E-state index contributed by atoms with van der Waals surface area (Å²) in [5, 5.41) is 5.64. The fourth-order valence-electron chi connectivity index (χ4n) is 3.03. The number of pyridine rings is 1. The van der Waals surface area contributed by atoms with Gasteiger partial charge in [-0.25, -0.2) is 9.78 Å². The zero-order valence-corrected chi connectivity index (χ0v) is 17.7. The van der Waals surface area contributed by atoms with Crippen LogP contribution in [0.4, 0.5) is 10.5 Å². The zero-order chi connectivity index (χ0) is 22.2. The molecule has 0 fully saturated rings. The lowest BCUT2D eigenvalue weighted by Gasteiger charge is -2.10. The third-order valence-electron chi connectivity index (χ3n) is 4.72. The van der Waals surface area contributed by atoms with Gasteiger partial charge in [-0.1, -0.05) is 29.8 Å². The third-order valence-corrected chi connectivity index (χ3v) is 4.72. The summed E-state index contributed by atoms with van der Waals surface area (Å²) >= 11 is 0. The van der Waals surface area contributed by atoms with Crippen molar-refractivity contribution < 1.29 is 13.9 Å². The highest BCUT2D eigenvalue weighted by atomic mass is 16.5. The van der Waals surface area contributed by atoms with Gasteiger partial charge in [0.1, 0.15) is 18.6 Å². The number of hydrogen-bond acceptors (Lipinski definition) is 5. The maximum atomic E-state index is 12.2. The standard InChI is InChI=1S/C25H24N4O3/c1-18-8-10-19(11-9-18)24-28-22(17-32-24)12-14-27-25(30)29-20-6-4-7-23(15-20)31-16-21-5-2-3-13-26-21/h2-11,13,15,17H,12,14,16H2,1H3,(H2,27,29,30). The molecule has 0 aliphatic carbocycles. The molecule has 2 aromatic heterocycles. The molecule has 2 aromatic carbocycles. The van der Waals surface area contributed by atoms with Crippen LogP contribution in [-0.2, 0) is 13.0 Å². The van der Waals surface area contributed by atoms with Crippen LogP contribution in [0.1, 0.15) is 17.0 Å². The first-order valence-electron chi connectivity index (χ1n) is 10.3. The van der Waals surface area contributed by atoms with Gasteiger partial charge in [-0.2, -0.15) is 0 Å². The molecule has 0 spiro atoms. The smallest absolute Gasteiger partial charge is 0.319 e. The molecule has 2 heterocycles. The van der Waals surface area contributed by atoms with E-state index in [2.05, 4.69) is 20.6 Å². The van der Waals surface area contributed by atoms with E-state index in [0.717, 1.165) is 17.0 Å². The van der Waals surface area contributed by atoms with Crippen molar-refractivity contribution in [1.29, 1.82) is 0 Å². The molecular formula is C25H24N4O3. The van der Waals surface area contributed by atoms with Crippen LogP contribution in [0.5, 0.6) is 5.75 Å². The first-order valence-corrected chi connectivity index (χ1v) is 10.3. The Hall–Kier alpha value is -4.13. The second-order valence-electron chi connectivity index (χ2n) is 7.28. The first kappa shape index (κ1) is 21.1. The summed E-state index contributed by atoms with van der Waals surface area (Å²) in [6, 6.07) is 20.6. The number of anilines is 1. The van der Waals surface area contributed by atoms with Crippen molar-refractivity contribution in [2.75, 3.05) is 11.9 Å². The number of oxazole rings is 1. The van der Waals surface area contributed by atoms with Gasteiger partial charge in [-0.3, -0.25) is 4.98 Å². The number of aryl methyl sites for hydroxylation is 1.